The predicted octanol–water partition coefficient (Wildman–Crippen LogP) is 1.90. The smallest absolute Gasteiger partial charge is 0.257 e. The third-order valence-electron chi connectivity index (χ3n) is 2.85. The summed E-state index contributed by atoms with van der Waals surface area (Å²) in [5, 5.41) is 0.459. The van der Waals surface area contributed by atoms with Gasteiger partial charge in [0.2, 0.25) is 0 Å². The van der Waals surface area contributed by atoms with Gasteiger partial charge in [0, 0.05) is 18.4 Å². The molecule has 0 N–H and O–H groups in total. The van der Waals surface area contributed by atoms with E-state index in [1.54, 1.807) is 17.2 Å². The van der Waals surface area contributed by atoms with E-state index >= 15 is 0 Å². The summed E-state index contributed by atoms with van der Waals surface area (Å²) in [5.41, 5.74) is 1.27. The van der Waals surface area contributed by atoms with Crippen LogP contribution in [0.4, 0.5) is 0 Å². The molecule has 1 aliphatic rings. The highest BCUT2D eigenvalue weighted by atomic mass is 35.5. The van der Waals surface area contributed by atoms with E-state index in [4.69, 9.17) is 16.3 Å². The Morgan fingerprint density at radius 1 is 1.65 bits per heavy atom. The van der Waals surface area contributed by atoms with Gasteiger partial charge in [0.25, 0.3) is 5.91 Å². The van der Waals surface area contributed by atoms with E-state index in [0.29, 0.717) is 30.3 Å². The fourth-order valence-electron chi connectivity index (χ4n) is 1.87. The fraction of sp³-hybridized carbons (Fsp3) is 0.500. The van der Waals surface area contributed by atoms with Crippen molar-refractivity contribution in [1.82, 2.24) is 9.88 Å². The number of ether oxygens (including phenoxy) is 1. The zero-order valence-electron chi connectivity index (χ0n) is 9.94. The van der Waals surface area contributed by atoms with Gasteiger partial charge in [0.15, 0.2) is 0 Å². The largest absolute Gasteiger partial charge is 0.377 e. The van der Waals surface area contributed by atoms with Crippen LogP contribution in [0.15, 0.2) is 12.3 Å². The molecule has 2 heterocycles. The number of amides is 1. The van der Waals surface area contributed by atoms with E-state index in [2.05, 4.69) is 4.98 Å². The number of hydrogen-bond acceptors (Lipinski definition) is 3. The van der Waals surface area contributed by atoms with Gasteiger partial charge < -0.3 is 9.64 Å². The lowest BCUT2D eigenvalue weighted by molar-refractivity contribution is 0.00358. The molecule has 0 radical (unpaired) electrons. The molecule has 1 aromatic heterocycles. The summed E-state index contributed by atoms with van der Waals surface area (Å²) in [4.78, 5) is 18.2. The second-order valence-corrected chi connectivity index (χ2v) is 4.64. The van der Waals surface area contributed by atoms with Crippen LogP contribution in [0.2, 0.25) is 5.02 Å². The second kappa shape index (κ2) is 5.02. The first-order chi connectivity index (χ1) is 8.09. The molecule has 0 aliphatic carbocycles. The van der Waals surface area contributed by atoms with Crippen LogP contribution in [-0.2, 0) is 4.74 Å². The van der Waals surface area contributed by atoms with Gasteiger partial charge in [-0.15, -0.1) is 0 Å². The molecule has 0 saturated carbocycles. The third-order valence-corrected chi connectivity index (χ3v) is 3.16. The molecule has 0 aromatic carbocycles. The van der Waals surface area contributed by atoms with Gasteiger partial charge in [-0.05, 0) is 19.9 Å². The number of rotatable bonds is 1. The van der Waals surface area contributed by atoms with Crippen LogP contribution < -0.4 is 0 Å². The maximum atomic E-state index is 12.3. The van der Waals surface area contributed by atoms with Crippen molar-refractivity contribution in [3.63, 3.8) is 0 Å². The van der Waals surface area contributed by atoms with Crippen LogP contribution in [0.3, 0.4) is 0 Å². The molecule has 17 heavy (non-hydrogen) atoms. The summed E-state index contributed by atoms with van der Waals surface area (Å²) in [7, 11) is 0. The average Bonchev–Trinajstić information content (AvgIpc) is 2.29. The maximum absolute atomic E-state index is 12.3. The molecule has 1 amide bonds. The summed E-state index contributed by atoms with van der Waals surface area (Å²) in [6.07, 6.45) is 1.54. The standard InChI is InChI=1S/C12H15ClN2O2/c1-8-5-11(13)10(6-14-8)12(16)15-3-4-17-7-9(15)2/h5-6,9H,3-4,7H2,1-2H3/t9-/m1/s1. The average molecular weight is 255 g/mol. The first-order valence-corrected chi connectivity index (χ1v) is 5.98. The minimum absolute atomic E-state index is 0.0710. The van der Waals surface area contributed by atoms with Crippen LogP contribution in [0.1, 0.15) is 23.0 Å². The van der Waals surface area contributed by atoms with Crippen molar-refractivity contribution in [2.24, 2.45) is 0 Å². The zero-order valence-corrected chi connectivity index (χ0v) is 10.7. The first kappa shape index (κ1) is 12.3. The van der Waals surface area contributed by atoms with Gasteiger partial charge >= 0.3 is 0 Å². The first-order valence-electron chi connectivity index (χ1n) is 5.60. The van der Waals surface area contributed by atoms with Crippen molar-refractivity contribution in [1.29, 1.82) is 0 Å². The van der Waals surface area contributed by atoms with Crippen LogP contribution in [0.25, 0.3) is 0 Å². The summed E-state index contributed by atoms with van der Waals surface area (Å²) in [6, 6.07) is 1.79. The number of carbonyl (C=O) groups is 1. The minimum Gasteiger partial charge on any atom is -0.377 e. The Bertz CT molecular complexity index is 437. The lowest BCUT2D eigenvalue weighted by Crippen LogP contribution is -2.47. The molecule has 5 heteroatoms. The molecule has 1 fully saturated rings. The Hall–Kier alpha value is -1.13. The van der Waals surface area contributed by atoms with E-state index in [1.807, 2.05) is 13.8 Å². The highest BCUT2D eigenvalue weighted by Gasteiger charge is 2.26. The van der Waals surface area contributed by atoms with Crippen molar-refractivity contribution < 1.29 is 9.53 Å². The minimum atomic E-state index is -0.0710. The van der Waals surface area contributed by atoms with Crippen molar-refractivity contribution in [3.8, 4) is 0 Å². The molecule has 92 valence electrons. The number of aromatic nitrogens is 1. The molecule has 1 aromatic rings. The van der Waals surface area contributed by atoms with Crippen LogP contribution in [-0.4, -0.2) is 41.6 Å². The monoisotopic (exact) mass is 254 g/mol. The fourth-order valence-corrected chi connectivity index (χ4v) is 2.15. The Kier molecular flexibility index (Phi) is 3.64. The van der Waals surface area contributed by atoms with Gasteiger partial charge in [-0.1, -0.05) is 11.6 Å². The van der Waals surface area contributed by atoms with Crippen molar-refractivity contribution >= 4 is 17.5 Å². The molecule has 1 atom stereocenters. The molecular weight excluding hydrogens is 240 g/mol. The maximum Gasteiger partial charge on any atom is 0.257 e. The Morgan fingerprint density at radius 3 is 3.06 bits per heavy atom. The number of nitrogens with zero attached hydrogens (tertiary/aromatic N) is 2. The summed E-state index contributed by atoms with van der Waals surface area (Å²) in [5.74, 6) is -0.0710. The number of carbonyl (C=O) groups excluding carboxylic acids is 1. The SMILES string of the molecule is Cc1cc(Cl)c(C(=O)N2CCOC[C@H]2C)cn1. The van der Waals surface area contributed by atoms with Crippen molar-refractivity contribution in [3.05, 3.63) is 28.5 Å². The molecule has 4 nitrogen and oxygen atoms in total. The Morgan fingerprint density at radius 2 is 2.41 bits per heavy atom. The van der Waals surface area contributed by atoms with Crippen molar-refractivity contribution in [2.45, 2.75) is 19.9 Å². The van der Waals surface area contributed by atoms with Crippen LogP contribution >= 0.6 is 11.6 Å². The third kappa shape index (κ3) is 2.58. The molecule has 0 spiro atoms. The molecular formula is C12H15ClN2O2. The molecule has 1 saturated heterocycles. The van der Waals surface area contributed by atoms with Crippen molar-refractivity contribution in [2.75, 3.05) is 19.8 Å². The molecule has 2 rings (SSSR count). The normalized spacial score (nSPS) is 20.4. The Balaban J connectivity index is 2.24. The number of morpholine rings is 1. The summed E-state index contributed by atoms with van der Waals surface area (Å²) in [6.45, 7) is 5.56. The van der Waals surface area contributed by atoms with E-state index in [0.717, 1.165) is 5.69 Å². The molecule has 0 unspecified atom stereocenters. The molecule has 0 bridgehead atoms. The lowest BCUT2D eigenvalue weighted by atomic mass is 10.2. The highest BCUT2D eigenvalue weighted by Crippen LogP contribution is 2.19. The summed E-state index contributed by atoms with van der Waals surface area (Å²) >= 11 is 6.07. The van der Waals surface area contributed by atoms with E-state index in [1.165, 1.54) is 0 Å². The van der Waals surface area contributed by atoms with Crippen LogP contribution in [0, 0.1) is 6.92 Å². The van der Waals surface area contributed by atoms with Gasteiger partial charge in [-0.3, -0.25) is 9.78 Å². The quantitative estimate of drug-likeness (QED) is 0.769. The number of aryl methyl sites for hydroxylation is 1. The summed E-state index contributed by atoms with van der Waals surface area (Å²) < 4.78 is 5.30. The second-order valence-electron chi connectivity index (χ2n) is 4.23. The Labute approximate surface area is 106 Å². The van der Waals surface area contributed by atoms with Gasteiger partial charge in [-0.25, -0.2) is 0 Å². The van der Waals surface area contributed by atoms with Gasteiger partial charge in [0.1, 0.15) is 0 Å². The highest BCUT2D eigenvalue weighted by molar-refractivity contribution is 6.33. The van der Waals surface area contributed by atoms with E-state index in [9.17, 15) is 4.79 Å². The van der Waals surface area contributed by atoms with Gasteiger partial charge in [-0.2, -0.15) is 0 Å². The molecule has 1 aliphatic heterocycles. The topological polar surface area (TPSA) is 42.4 Å². The van der Waals surface area contributed by atoms with Gasteiger partial charge in [0.05, 0.1) is 29.8 Å². The number of pyridine rings is 1. The zero-order chi connectivity index (χ0) is 12.4. The van der Waals surface area contributed by atoms with Crippen LogP contribution in [0.5, 0.6) is 0 Å². The van der Waals surface area contributed by atoms with E-state index < -0.39 is 0 Å². The predicted molar refractivity (Wildman–Crippen MR) is 65.3 cm³/mol. The lowest BCUT2D eigenvalue weighted by Gasteiger charge is -2.33. The number of hydrogen-bond donors (Lipinski definition) is 0. The number of halogens is 1. The van der Waals surface area contributed by atoms with E-state index in [-0.39, 0.29) is 11.9 Å².